The molecule has 0 aliphatic heterocycles. The largest absolute Gasteiger partial charge is 0.493 e. The van der Waals surface area contributed by atoms with E-state index in [-0.39, 0.29) is 30.5 Å². The number of carbonyl (C=O) groups excluding carboxylic acids is 1. The third-order valence-corrected chi connectivity index (χ3v) is 3.16. The molecule has 0 saturated carbocycles. The van der Waals surface area contributed by atoms with Crippen molar-refractivity contribution in [2.75, 3.05) is 13.7 Å². The molecular weight excluding hydrogens is 316 g/mol. The van der Waals surface area contributed by atoms with Crippen LogP contribution >= 0.6 is 12.4 Å². The molecule has 1 aromatic rings. The number of hydrogen-bond donors (Lipinski definition) is 2. The van der Waals surface area contributed by atoms with E-state index in [1.165, 1.54) is 0 Å². The Morgan fingerprint density at radius 3 is 2.35 bits per heavy atom. The standard InChI is InChI=1S/C17H28N2O3.ClH/c1-11(2)8-14(10-18)19-17(20)13-6-7-15(22-12(3)4)16(9-13)21-5;/h6-7,9,11-12,14H,8,10,18H2,1-5H3,(H,19,20);1H. The Balaban J connectivity index is 0.00000484. The van der Waals surface area contributed by atoms with Gasteiger partial charge in [-0.15, -0.1) is 12.4 Å². The van der Waals surface area contributed by atoms with E-state index in [9.17, 15) is 4.79 Å². The number of nitrogens with one attached hydrogen (secondary N) is 1. The SMILES string of the molecule is COc1cc(C(=O)NC(CN)CC(C)C)ccc1OC(C)C.Cl. The van der Waals surface area contributed by atoms with Crippen LogP contribution in [0.15, 0.2) is 18.2 Å². The highest BCUT2D eigenvalue weighted by Crippen LogP contribution is 2.29. The Labute approximate surface area is 145 Å². The molecule has 1 unspecified atom stereocenters. The lowest BCUT2D eigenvalue weighted by Gasteiger charge is -2.19. The van der Waals surface area contributed by atoms with Gasteiger partial charge in [-0.1, -0.05) is 13.8 Å². The second-order valence-electron chi connectivity index (χ2n) is 6.07. The van der Waals surface area contributed by atoms with Gasteiger partial charge < -0.3 is 20.5 Å². The summed E-state index contributed by atoms with van der Waals surface area (Å²) in [5.41, 5.74) is 6.26. The molecule has 0 fully saturated rings. The zero-order valence-corrected chi connectivity index (χ0v) is 15.4. The molecule has 3 N–H and O–H groups in total. The van der Waals surface area contributed by atoms with Crippen LogP contribution in [0.3, 0.4) is 0 Å². The fraction of sp³-hybridized carbons (Fsp3) is 0.588. The maximum Gasteiger partial charge on any atom is 0.251 e. The number of methoxy groups -OCH3 is 1. The minimum Gasteiger partial charge on any atom is -0.493 e. The first kappa shape index (κ1) is 21.5. The van der Waals surface area contributed by atoms with Gasteiger partial charge in [-0.25, -0.2) is 0 Å². The van der Waals surface area contributed by atoms with Crippen LogP contribution in [0.5, 0.6) is 11.5 Å². The normalized spacial score (nSPS) is 11.8. The summed E-state index contributed by atoms with van der Waals surface area (Å²) in [4.78, 5) is 12.3. The van der Waals surface area contributed by atoms with Crippen LogP contribution in [0.4, 0.5) is 0 Å². The molecular formula is C17H29ClN2O3. The number of halogens is 1. The third kappa shape index (κ3) is 7.10. The van der Waals surface area contributed by atoms with E-state index in [2.05, 4.69) is 19.2 Å². The van der Waals surface area contributed by atoms with Crippen molar-refractivity contribution in [1.82, 2.24) is 5.32 Å². The summed E-state index contributed by atoms with van der Waals surface area (Å²) in [6, 6.07) is 5.16. The van der Waals surface area contributed by atoms with Gasteiger partial charge in [0.2, 0.25) is 0 Å². The van der Waals surface area contributed by atoms with Gasteiger partial charge in [0.05, 0.1) is 13.2 Å². The number of hydrogen-bond acceptors (Lipinski definition) is 4. The number of carbonyl (C=O) groups is 1. The molecule has 1 rings (SSSR count). The quantitative estimate of drug-likeness (QED) is 0.760. The minimum atomic E-state index is -0.148. The van der Waals surface area contributed by atoms with Crippen LogP contribution in [0.1, 0.15) is 44.5 Å². The molecule has 132 valence electrons. The van der Waals surface area contributed by atoms with Crippen molar-refractivity contribution in [3.63, 3.8) is 0 Å². The Morgan fingerprint density at radius 2 is 1.87 bits per heavy atom. The predicted molar refractivity (Wildman–Crippen MR) is 95.8 cm³/mol. The summed E-state index contributed by atoms with van der Waals surface area (Å²) in [7, 11) is 1.56. The first-order valence-corrected chi connectivity index (χ1v) is 7.73. The molecule has 0 radical (unpaired) electrons. The van der Waals surface area contributed by atoms with Gasteiger partial charge in [0.15, 0.2) is 11.5 Å². The highest BCUT2D eigenvalue weighted by Gasteiger charge is 2.16. The molecule has 0 spiro atoms. The fourth-order valence-electron chi connectivity index (χ4n) is 2.21. The summed E-state index contributed by atoms with van der Waals surface area (Å²) >= 11 is 0. The van der Waals surface area contributed by atoms with Gasteiger partial charge in [0, 0.05) is 18.2 Å². The summed E-state index contributed by atoms with van der Waals surface area (Å²) in [6.45, 7) is 8.52. The Bertz CT molecular complexity index is 493. The summed E-state index contributed by atoms with van der Waals surface area (Å²) in [5.74, 6) is 1.51. The number of ether oxygens (including phenoxy) is 2. The predicted octanol–water partition coefficient (Wildman–Crippen LogP) is 3.01. The second kappa shape index (κ2) is 10.3. The van der Waals surface area contributed by atoms with Crippen molar-refractivity contribution in [3.8, 4) is 11.5 Å². The van der Waals surface area contributed by atoms with E-state index in [4.69, 9.17) is 15.2 Å². The number of nitrogens with two attached hydrogens (primary N) is 1. The zero-order chi connectivity index (χ0) is 16.7. The van der Waals surface area contributed by atoms with E-state index in [0.29, 0.717) is 29.5 Å². The molecule has 1 amide bonds. The van der Waals surface area contributed by atoms with Crippen molar-refractivity contribution in [2.45, 2.75) is 46.3 Å². The zero-order valence-electron chi connectivity index (χ0n) is 14.6. The number of rotatable bonds is 8. The monoisotopic (exact) mass is 344 g/mol. The van der Waals surface area contributed by atoms with Gasteiger partial charge in [0.25, 0.3) is 5.91 Å². The molecule has 0 aliphatic carbocycles. The lowest BCUT2D eigenvalue weighted by atomic mass is 10.0. The molecule has 0 saturated heterocycles. The lowest BCUT2D eigenvalue weighted by Crippen LogP contribution is -2.41. The molecule has 1 aromatic carbocycles. The first-order valence-electron chi connectivity index (χ1n) is 7.73. The topological polar surface area (TPSA) is 73.6 Å². The maximum atomic E-state index is 12.3. The third-order valence-electron chi connectivity index (χ3n) is 3.16. The van der Waals surface area contributed by atoms with E-state index >= 15 is 0 Å². The van der Waals surface area contributed by atoms with E-state index < -0.39 is 0 Å². The highest BCUT2D eigenvalue weighted by atomic mass is 35.5. The lowest BCUT2D eigenvalue weighted by molar-refractivity contribution is 0.0933. The van der Waals surface area contributed by atoms with E-state index in [1.807, 2.05) is 13.8 Å². The van der Waals surface area contributed by atoms with Crippen LogP contribution in [0.25, 0.3) is 0 Å². The van der Waals surface area contributed by atoms with Crippen molar-refractivity contribution in [3.05, 3.63) is 23.8 Å². The van der Waals surface area contributed by atoms with Gasteiger partial charge in [-0.3, -0.25) is 4.79 Å². The van der Waals surface area contributed by atoms with Gasteiger partial charge in [-0.2, -0.15) is 0 Å². The smallest absolute Gasteiger partial charge is 0.251 e. The average molecular weight is 345 g/mol. The van der Waals surface area contributed by atoms with Crippen LogP contribution in [0.2, 0.25) is 0 Å². The molecule has 23 heavy (non-hydrogen) atoms. The first-order chi connectivity index (χ1) is 10.4. The molecule has 0 aromatic heterocycles. The summed E-state index contributed by atoms with van der Waals surface area (Å²) < 4.78 is 11.0. The van der Waals surface area contributed by atoms with Gasteiger partial charge in [0.1, 0.15) is 0 Å². The van der Waals surface area contributed by atoms with Gasteiger partial charge >= 0.3 is 0 Å². The Hall–Kier alpha value is -1.46. The van der Waals surface area contributed by atoms with Crippen LogP contribution in [0, 0.1) is 5.92 Å². The second-order valence-corrected chi connectivity index (χ2v) is 6.07. The average Bonchev–Trinajstić information content (AvgIpc) is 2.45. The van der Waals surface area contributed by atoms with Crippen LogP contribution < -0.4 is 20.5 Å². The van der Waals surface area contributed by atoms with Crippen molar-refractivity contribution < 1.29 is 14.3 Å². The molecule has 1 atom stereocenters. The number of benzene rings is 1. The minimum absolute atomic E-state index is 0. The van der Waals surface area contributed by atoms with Crippen molar-refractivity contribution in [2.24, 2.45) is 11.7 Å². The molecule has 0 heterocycles. The Kier molecular flexibility index (Phi) is 9.68. The number of amides is 1. The molecule has 0 aliphatic rings. The molecule has 0 bridgehead atoms. The van der Waals surface area contributed by atoms with Crippen molar-refractivity contribution in [1.29, 1.82) is 0 Å². The highest BCUT2D eigenvalue weighted by molar-refractivity contribution is 5.95. The fourth-order valence-corrected chi connectivity index (χ4v) is 2.21. The van der Waals surface area contributed by atoms with Crippen molar-refractivity contribution >= 4 is 18.3 Å². The van der Waals surface area contributed by atoms with Crippen LogP contribution in [-0.2, 0) is 0 Å². The van der Waals surface area contributed by atoms with E-state index in [1.54, 1.807) is 25.3 Å². The summed E-state index contributed by atoms with van der Waals surface area (Å²) in [6.07, 6.45) is 0.898. The summed E-state index contributed by atoms with van der Waals surface area (Å²) in [5, 5.41) is 2.97. The maximum absolute atomic E-state index is 12.3. The van der Waals surface area contributed by atoms with Crippen LogP contribution in [-0.4, -0.2) is 31.7 Å². The van der Waals surface area contributed by atoms with E-state index in [0.717, 1.165) is 6.42 Å². The Morgan fingerprint density at radius 1 is 1.22 bits per heavy atom. The molecule has 5 nitrogen and oxygen atoms in total. The molecule has 6 heteroatoms. The van der Waals surface area contributed by atoms with Gasteiger partial charge in [-0.05, 0) is 44.4 Å².